The Balaban J connectivity index is 1.78. The van der Waals surface area contributed by atoms with Crippen molar-refractivity contribution in [1.82, 2.24) is 5.32 Å². The molecule has 0 bridgehead atoms. The summed E-state index contributed by atoms with van der Waals surface area (Å²) in [5.41, 5.74) is 7.41. The minimum atomic E-state index is -0.861. The Morgan fingerprint density at radius 2 is 1.97 bits per heavy atom. The number of nitrogens with zero attached hydrogens (tertiary/aromatic N) is 1. The highest BCUT2D eigenvalue weighted by Gasteiger charge is 2.44. The van der Waals surface area contributed by atoms with Gasteiger partial charge in [-0.1, -0.05) is 41.9 Å². The molecule has 5 nitrogen and oxygen atoms in total. The standard InChI is InChI=1S/C27H26ClF2N3O2/c1-3-33-10-9-15-11-17(26(31)34)22(24(30)25(15)33)21-18-13-27(14-32-2,16-7-5-4-6-8-16)35-20(18)12-19(29)23(21)28/h4-8,11-12,32H,3,9-10,13-14H2,1-2H3,(H2,31,34)/t27-/m1/s1. The molecule has 2 aliphatic rings. The van der Waals surface area contributed by atoms with Crippen LogP contribution in [0.2, 0.25) is 5.02 Å². The number of benzene rings is 3. The smallest absolute Gasteiger partial charge is 0.249 e. The third-order valence-corrected chi connectivity index (χ3v) is 7.37. The summed E-state index contributed by atoms with van der Waals surface area (Å²) in [6.45, 7) is 3.57. The summed E-state index contributed by atoms with van der Waals surface area (Å²) in [5.74, 6) is -1.90. The van der Waals surface area contributed by atoms with Gasteiger partial charge in [0.2, 0.25) is 5.91 Å². The largest absolute Gasteiger partial charge is 0.480 e. The second kappa shape index (κ2) is 8.81. The third kappa shape index (κ3) is 3.65. The summed E-state index contributed by atoms with van der Waals surface area (Å²) in [6.07, 6.45) is 0.896. The topological polar surface area (TPSA) is 67.6 Å². The molecule has 0 spiro atoms. The van der Waals surface area contributed by atoms with Crippen molar-refractivity contribution in [3.05, 3.63) is 81.4 Å². The lowest BCUT2D eigenvalue weighted by Gasteiger charge is -2.29. The zero-order chi connectivity index (χ0) is 24.9. The van der Waals surface area contributed by atoms with Crippen molar-refractivity contribution < 1.29 is 18.3 Å². The number of ether oxygens (including phenoxy) is 1. The fourth-order valence-electron chi connectivity index (χ4n) is 5.44. The zero-order valence-electron chi connectivity index (χ0n) is 19.6. The molecule has 3 aromatic rings. The molecule has 182 valence electrons. The Morgan fingerprint density at radius 1 is 1.23 bits per heavy atom. The first-order chi connectivity index (χ1) is 16.8. The zero-order valence-corrected chi connectivity index (χ0v) is 20.3. The molecule has 0 unspecified atom stereocenters. The molecule has 3 aromatic carbocycles. The van der Waals surface area contributed by atoms with E-state index < -0.39 is 23.1 Å². The summed E-state index contributed by atoms with van der Waals surface area (Å²) >= 11 is 6.52. The fraction of sp³-hybridized carbons (Fsp3) is 0.296. The van der Waals surface area contributed by atoms with Crippen LogP contribution in [0.5, 0.6) is 5.75 Å². The summed E-state index contributed by atoms with van der Waals surface area (Å²) in [6, 6.07) is 12.4. The van der Waals surface area contributed by atoms with Crippen LogP contribution >= 0.6 is 11.6 Å². The second-order valence-corrected chi connectivity index (χ2v) is 9.39. The number of anilines is 1. The summed E-state index contributed by atoms with van der Waals surface area (Å²) in [5, 5.41) is 2.89. The molecular formula is C27H26ClF2N3O2. The highest BCUT2D eigenvalue weighted by molar-refractivity contribution is 6.34. The maximum absolute atomic E-state index is 16.3. The molecule has 0 radical (unpaired) electrons. The first-order valence-electron chi connectivity index (χ1n) is 11.6. The Labute approximate surface area is 207 Å². The van der Waals surface area contributed by atoms with Crippen LogP contribution in [0, 0.1) is 11.6 Å². The molecule has 0 saturated heterocycles. The van der Waals surface area contributed by atoms with Crippen LogP contribution in [0.3, 0.4) is 0 Å². The number of amides is 1. The number of fused-ring (bicyclic) bond motifs is 2. The van der Waals surface area contributed by atoms with E-state index in [2.05, 4.69) is 5.32 Å². The number of carbonyl (C=O) groups excluding carboxylic acids is 1. The van der Waals surface area contributed by atoms with Gasteiger partial charge in [0.25, 0.3) is 0 Å². The molecule has 3 N–H and O–H groups in total. The van der Waals surface area contributed by atoms with Crippen LogP contribution in [-0.2, 0) is 18.4 Å². The van der Waals surface area contributed by atoms with E-state index in [0.717, 1.165) is 5.56 Å². The van der Waals surface area contributed by atoms with E-state index in [9.17, 15) is 4.79 Å². The molecule has 0 saturated carbocycles. The predicted octanol–water partition coefficient (Wildman–Crippen LogP) is 4.82. The summed E-state index contributed by atoms with van der Waals surface area (Å²) in [7, 11) is 1.80. The maximum atomic E-state index is 16.3. The van der Waals surface area contributed by atoms with Crippen molar-refractivity contribution in [1.29, 1.82) is 0 Å². The number of carbonyl (C=O) groups is 1. The highest BCUT2D eigenvalue weighted by Crippen LogP contribution is 2.51. The fourth-order valence-corrected chi connectivity index (χ4v) is 5.70. The summed E-state index contributed by atoms with van der Waals surface area (Å²) < 4.78 is 37.8. The van der Waals surface area contributed by atoms with Crippen LogP contribution in [0.15, 0.2) is 42.5 Å². The van der Waals surface area contributed by atoms with Gasteiger partial charge in [-0.05, 0) is 37.6 Å². The minimum Gasteiger partial charge on any atom is -0.480 e. The monoisotopic (exact) mass is 497 g/mol. The van der Waals surface area contributed by atoms with Gasteiger partial charge in [-0.2, -0.15) is 0 Å². The van der Waals surface area contributed by atoms with E-state index >= 15 is 8.78 Å². The van der Waals surface area contributed by atoms with Gasteiger partial charge in [0.15, 0.2) is 11.4 Å². The van der Waals surface area contributed by atoms with Crippen LogP contribution < -0.4 is 20.7 Å². The van der Waals surface area contributed by atoms with Gasteiger partial charge >= 0.3 is 0 Å². The molecule has 1 amide bonds. The third-order valence-electron chi connectivity index (χ3n) is 7.00. The average molecular weight is 498 g/mol. The highest BCUT2D eigenvalue weighted by atomic mass is 35.5. The van der Waals surface area contributed by atoms with Crippen LogP contribution in [0.4, 0.5) is 14.5 Å². The number of hydrogen-bond acceptors (Lipinski definition) is 4. The van der Waals surface area contributed by atoms with Gasteiger partial charge in [0.05, 0.1) is 16.3 Å². The van der Waals surface area contributed by atoms with Crippen molar-refractivity contribution in [2.24, 2.45) is 5.73 Å². The number of primary amides is 1. The molecule has 0 aliphatic carbocycles. The van der Waals surface area contributed by atoms with Crippen molar-refractivity contribution in [3.8, 4) is 16.9 Å². The first-order valence-corrected chi connectivity index (χ1v) is 12.0. The van der Waals surface area contributed by atoms with Gasteiger partial charge in [-0.3, -0.25) is 4.79 Å². The summed E-state index contributed by atoms with van der Waals surface area (Å²) in [4.78, 5) is 14.4. The molecule has 0 fully saturated rings. The van der Waals surface area contributed by atoms with E-state index in [0.29, 0.717) is 49.3 Å². The van der Waals surface area contributed by atoms with E-state index in [1.807, 2.05) is 42.2 Å². The van der Waals surface area contributed by atoms with E-state index in [-0.39, 0.29) is 27.5 Å². The van der Waals surface area contributed by atoms with Gasteiger partial charge in [0, 0.05) is 48.8 Å². The molecule has 0 aromatic heterocycles. The SMILES string of the molecule is CCN1CCc2cc(C(N)=O)c(-c3c(Cl)c(F)cc4c3C[C@@](CNC)(c3ccccc3)O4)c(F)c21. The van der Waals surface area contributed by atoms with Crippen molar-refractivity contribution in [2.45, 2.75) is 25.4 Å². The lowest BCUT2D eigenvalue weighted by Crippen LogP contribution is -2.41. The Bertz CT molecular complexity index is 1330. The number of halogens is 3. The van der Waals surface area contributed by atoms with Gasteiger partial charge < -0.3 is 20.7 Å². The minimum absolute atomic E-state index is 0.0141. The molecule has 1 atom stereocenters. The number of nitrogens with two attached hydrogens (primary N) is 1. The molecular weight excluding hydrogens is 472 g/mol. The van der Waals surface area contributed by atoms with Crippen molar-refractivity contribution >= 4 is 23.2 Å². The lowest BCUT2D eigenvalue weighted by molar-refractivity contribution is 0.0940. The molecule has 2 aliphatic heterocycles. The predicted molar refractivity (Wildman–Crippen MR) is 133 cm³/mol. The maximum Gasteiger partial charge on any atom is 0.249 e. The molecule has 2 heterocycles. The lowest BCUT2D eigenvalue weighted by atomic mass is 9.84. The molecule has 8 heteroatoms. The van der Waals surface area contributed by atoms with Crippen molar-refractivity contribution in [3.63, 3.8) is 0 Å². The Kier molecular flexibility index (Phi) is 5.93. The molecule has 5 rings (SSSR count). The van der Waals surface area contributed by atoms with E-state index in [1.54, 1.807) is 13.1 Å². The van der Waals surface area contributed by atoms with Gasteiger partial charge in [-0.15, -0.1) is 0 Å². The van der Waals surface area contributed by atoms with E-state index in [4.69, 9.17) is 22.1 Å². The van der Waals surface area contributed by atoms with Crippen molar-refractivity contribution in [2.75, 3.05) is 31.6 Å². The number of nitrogens with one attached hydrogen (secondary N) is 1. The van der Waals surface area contributed by atoms with E-state index in [1.165, 1.54) is 6.07 Å². The van der Waals surface area contributed by atoms with Gasteiger partial charge in [-0.25, -0.2) is 8.78 Å². The average Bonchev–Trinajstić information content (AvgIpc) is 3.43. The van der Waals surface area contributed by atoms with Crippen LogP contribution in [0.25, 0.3) is 11.1 Å². The quantitative estimate of drug-likeness (QED) is 0.512. The normalized spacial score (nSPS) is 18.4. The second-order valence-electron chi connectivity index (χ2n) is 9.01. The number of rotatable bonds is 6. The Hall–Kier alpha value is -3.16. The number of likely N-dealkylation sites (N-methyl/N-ethyl adjacent to an activating group) is 2. The van der Waals surface area contributed by atoms with Crippen LogP contribution in [-0.4, -0.2) is 32.6 Å². The first kappa shape index (κ1) is 23.6. The number of hydrogen-bond donors (Lipinski definition) is 2. The molecule has 35 heavy (non-hydrogen) atoms. The Morgan fingerprint density at radius 3 is 2.63 bits per heavy atom. The van der Waals surface area contributed by atoms with Crippen LogP contribution in [0.1, 0.15) is 34.0 Å². The van der Waals surface area contributed by atoms with Gasteiger partial charge in [0.1, 0.15) is 11.6 Å².